The normalized spacial score (nSPS) is 13.2. The van der Waals surface area contributed by atoms with Crippen molar-refractivity contribution in [3.8, 4) is 0 Å². The smallest absolute Gasteiger partial charge is 0.306 e. The summed E-state index contributed by atoms with van der Waals surface area (Å²) in [5.41, 5.74) is 0. The number of rotatable bonds is 41. The van der Waals surface area contributed by atoms with E-state index >= 15 is 0 Å². The molecule has 0 spiro atoms. The molecular weight excluding hydrogens is 757 g/mol. The third kappa shape index (κ3) is 46.7. The Morgan fingerprint density at radius 2 is 0.770 bits per heavy atom. The van der Waals surface area contributed by atoms with Gasteiger partial charge in [0.1, 0.15) is 13.2 Å². The minimum atomic E-state index is -0.836. The highest BCUT2D eigenvalue weighted by molar-refractivity contribution is 5.71. The molecule has 0 fully saturated rings. The van der Waals surface area contributed by atoms with Crippen molar-refractivity contribution in [2.75, 3.05) is 13.2 Å². The summed E-state index contributed by atoms with van der Waals surface area (Å²) in [7, 11) is 0. The first-order valence-corrected chi connectivity index (χ1v) is 24.1. The third-order valence-electron chi connectivity index (χ3n) is 9.51. The highest BCUT2D eigenvalue weighted by atomic mass is 16.6. The quantitative estimate of drug-likeness (QED) is 0.0201. The van der Waals surface area contributed by atoms with Gasteiger partial charge in [-0.15, -0.1) is 0 Å². The topological polar surface area (TPSA) is 78.9 Å². The summed E-state index contributed by atoms with van der Waals surface area (Å²) in [6.45, 7) is 6.23. The van der Waals surface area contributed by atoms with Crippen molar-refractivity contribution in [2.45, 2.75) is 194 Å². The Kier molecular flexibility index (Phi) is 45.1. The van der Waals surface area contributed by atoms with Crippen LogP contribution in [0.2, 0.25) is 0 Å². The first-order valence-electron chi connectivity index (χ1n) is 24.1. The molecule has 0 aromatic heterocycles. The summed E-state index contributed by atoms with van der Waals surface area (Å²) in [5.74, 6) is -1.09. The van der Waals surface area contributed by atoms with Gasteiger partial charge in [0.25, 0.3) is 0 Å². The van der Waals surface area contributed by atoms with E-state index in [1.807, 2.05) is 12.2 Å². The van der Waals surface area contributed by atoms with Crippen LogP contribution in [0.3, 0.4) is 0 Å². The fourth-order valence-corrected chi connectivity index (χ4v) is 5.94. The summed E-state index contributed by atoms with van der Waals surface area (Å²) in [5, 5.41) is 0. The second-order valence-corrected chi connectivity index (χ2v) is 15.3. The number of hydrogen-bond acceptors (Lipinski definition) is 6. The number of allylic oxidation sites excluding steroid dienone is 20. The van der Waals surface area contributed by atoms with E-state index in [2.05, 4.69) is 130 Å². The van der Waals surface area contributed by atoms with E-state index in [0.717, 1.165) is 96.3 Å². The van der Waals surface area contributed by atoms with Gasteiger partial charge in [0.2, 0.25) is 0 Å². The lowest BCUT2D eigenvalue weighted by Gasteiger charge is -2.18. The van der Waals surface area contributed by atoms with Gasteiger partial charge in [-0.05, 0) is 96.3 Å². The van der Waals surface area contributed by atoms with Crippen LogP contribution < -0.4 is 0 Å². The standard InChI is InChI=1S/C55H86O6/c1-4-7-10-13-16-19-22-25-26-27-28-31-33-36-39-42-45-48-54(57)60-51-52(61-55(58)49-46-43-40-37-34-30-24-21-18-15-12-9-6-3)50-59-53(56)47-44-41-38-35-32-29-23-20-17-14-11-8-5-2/h7,9-10,12,15-16,18-19,21,24-26,28-29,31-32,36,38-39,41,52H,4-6,8,11,13-14,17,20,22-23,27,30,33-35,37,40,42-51H2,1-3H3/b10-7+,12-9+,18-15+,19-16+,24-21+,26-25+,31-28+,32-29+,39-36+,41-38+. The molecule has 0 rings (SSSR count). The Hall–Kier alpha value is -4.19. The Labute approximate surface area is 373 Å². The van der Waals surface area contributed by atoms with Crippen LogP contribution in [0.25, 0.3) is 0 Å². The number of ether oxygens (including phenoxy) is 3. The van der Waals surface area contributed by atoms with Gasteiger partial charge in [-0.2, -0.15) is 0 Å². The predicted octanol–water partition coefficient (Wildman–Crippen LogP) is 15.7. The maximum absolute atomic E-state index is 12.7. The molecule has 0 heterocycles. The molecule has 0 N–H and O–H groups in total. The number of carbonyl (C=O) groups excluding carboxylic acids is 3. The molecule has 0 aliphatic carbocycles. The van der Waals surface area contributed by atoms with E-state index in [0.29, 0.717) is 12.8 Å². The summed E-state index contributed by atoms with van der Waals surface area (Å²) in [4.78, 5) is 37.8. The molecule has 0 amide bonds. The molecule has 0 aromatic rings. The minimum Gasteiger partial charge on any atom is -0.462 e. The van der Waals surface area contributed by atoms with E-state index < -0.39 is 6.10 Å². The Bertz CT molecular complexity index is 1340. The fraction of sp³-hybridized carbons (Fsp3) is 0.582. The molecule has 0 aliphatic rings. The lowest BCUT2D eigenvalue weighted by molar-refractivity contribution is -0.166. The van der Waals surface area contributed by atoms with Gasteiger partial charge >= 0.3 is 17.9 Å². The van der Waals surface area contributed by atoms with E-state index in [9.17, 15) is 14.4 Å². The summed E-state index contributed by atoms with van der Waals surface area (Å²) in [6.07, 6.45) is 66.3. The molecule has 6 nitrogen and oxygen atoms in total. The molecule has 0 bridgehead atoms. The van der Waals surface area contributed by atoms with Crippen LogP contribution >= 0.6 is 0 Å². The molecule has 1 atom stereocenters. The largest absolute Gasteiger partial charge is 0.462 e. The lowest BCUT2D eigenvalue weighted by atomic mass is 10.1. The molecule has 0 saturated heterocycles. The van der Waals surface area contributed by atoms with Gasteiger partial charge in [-0.1, -0.05) is 194 Å². The zero-order valence-corrected chi connectivity index (χ0v) is 38.9. The molecular formula is C55H86O6. The van der Waals surface area contributed by atoms with Crippen molar-refractivity contribution in [1.29, 1.82) is 0 Å². The Balaban J connectivity index is 4.59. The molecule has 61 heavy (non-hydrogen) atoms. The first kappa shape index (κ1) is 56.8. The number of esters is 3. The van der Waals surface area contributed by atoms with Crippen molar-refractivity contribution in [3.05, 3.63) is 122 Å². The predicted molar refractivity (Wildman–Crippen MR) is 260 cm³/mol. The van der Waals surface area contributed by atoms with Gasteiger partial charge in [0.15, 0.2) is 6.10 Å². The van der Waals surface area contributed by atoms with Gasteiger partial charge in [0.05, 0.1) is 0 Å². The van der Waals surface area contributed by atoms with Crippen LogP contribution in [0, 0.1) is 0 Å². The highest BCUT2D eigenvalue weighted by Crippen LogP contribution is 2.11. The van der Waals surface area contributed by atoms with E-state index in [-0.39, 0.29) is 50.4 Å². The molecule has 0 saturated carbocycles. The zero-order valence-electron chi connectivity index (χ0n) is 38.9. The summed E-state index contributed by atoms with van der Waals surface area (Å²) >= 11 is 0. The monoisotopic (exact) mass is 843 g/mol. The SMILES string of the molecule is CC/C=C/C=C/C=C/CCCCCCCC(=O)OC(COC(=O)CC/C=C/C/C=C/CCCCCCCC)COC(=O)CCC/C=C/C/C=C/C/C=C/C/C=C/C/C=C/CC. The van der Waals surface area contributed by atoms with Crippen molar-refractivity contribution in [3.63, 3.8) is 0 Å². The van der Waals surface area contributed by atoms with Gasteiger partial charge in [-0.3, -0.25) is 14.4 Å². The van der Waals surface area contributed by atoms with Crippen LogP contribution in [0.5, 0.6) is 0 Å². The van der Waals surface area contributed by atoms with E-state index in [1.54, 1.807) is 0 Å². The number of carbonyl (C=O) groups is 3. The highest BCUT2D eigenvalue weighted by Gasteiger charge is 2.19. The van der Waals surface area contributed by atoms with Crippen molar-refractivity contribution in [2.24, 2.45) is 0 Å². The Morgan fingerprint density at radius 3 is 1.33 bits per heavy atom. The van der Waals surface area contributed by atoms with Crippen LogP contribution in [-0.4, -0.2) is 37.2 Å². The average Bonchev–Trinajstić information content (AvgIpc) is 3.26. The second kappa shape index (κ2) is 48.5. The third-order valence-corrected chi connectivity index (χ3v) is 9.51. The van der Waals surface area contributed by atoms with Crippen molar-refractivity contribution in [1.82, 2.24) is 0 Å². The van der Waals surface area contributed by atoms with E-state index in [4.69, 9.17) is 14.2 Å². The second-order valence-electron chi connectivity index (χ2n) is 15.3. The van der Waals surface area contributed by atoms with Gasteiger partial charge in [-0.25, -0.2) is 0 Å². The van der Waals surface area contributed by atoms with Crippen LogP contribution in [0.4, 0.5) is 0 Å². The first-order chi connectivity index (χ1) is 30.0. The molecule has 0 radical (unpaired) electrons. The Morgan fingerprint density at radius 1 is 0.361 bits per heavy atom. The molecule has 0 aliphatic heterocycles. The molecule has 0 aromatic carbocycles. The molecule has 1 unspecified atom stereocenters. The van der Waals surface area contributed by atoms with Crippen LogP contribution in [-0.2, 0) is 28.6 Å². The zero-order chi connectivity index (χ0) is 44.4. The van der Waals surface area contributed by atoms with E-state index in [1.165, 1.54) is 38.5 Å². The van der Waals surface area contributed by atoms with Crippen LogP contribution in [0.1, 0.15) is 188 Å². The van der Waals surface area contributed by atoms with Gasteiger partial charge < -0.3 is 14.2 Å². The van der Waals surface area contributed by atoms with Gasteiger partial charge in [0, 0.05) is 19.3 Å². The van der Waals surface area contributed by atoms with Crippen LogP contribution in [0.15, 0.2) is 122 Å². The maximum Gasteiger partial charge on any atom is 0.306 e. The minimum absolute atomic E-state index is 0.137. The average molecular weight is 843 g/mol. The molecule has 342 valence electrons. The van der Waals surface area contributed by atoms with Crippen molar-refractivity contribution >= 4 is 17.9 Å². The lowest BCUT2D eigenvalue weighted by Crippen LogP contribution is -2.30. The summed E-state index contributed by atoms with van der Waals surface area (Å²) < 4.78 is 16.6. The maximum atomic E-state index is 12.7. The fourth-order valence-electron chi connectivity index (χ4n) is 5.94. The molecule has 6 heteroatoms. The summed E-state index contributed by atoms with van der Waals surface area (Å²) in [6, 6.07) is 0. The number of hydrogen-bond donors (Lipinski definition) is 0. The number of unbranched alkanes of at least 4 members (excludes halogenated alkanes) is 12. The van der Waals surface area contributed by atoms with Crippen molar-refractivity contribution < 1.29 is 28.6 Å².